The summed E-state index contributed by atoms with van der Waals surface area (Å²) >= 11 is 3.64. The lowest BCUT2D eigenvalue weighted by Gasteiger charge is -2.29. The van der Waals surface area contributed by atoms with Gasteiger partial charge in [-0.15, -0.1) is 0 Å². The molecule has 0 heterocycles. The lowest BCUT2D eigenvalue weighted by Crippen LogP contribution is -2.31. The van der Waals surface area contributed by atoms with Gasteiger partial charge in [0.25, 0.3) is 0 Å². The molecule has 2 nitrogen and oxygen atoms in total. The molecule has 0 aliphatic rings. The third kappa shape index (κ3) is 5.15. The molecule has 0 saturated carbocycles. The molecule has 1 atom stereocenters. The van der Waals surface area contributed by atoms with Gasteiger partial charge in [0.05, 0.1) is 0 Å². The molecule has 0 saturated heterocycles. The molecular weight excluding hydrogens is 300 g/mol. The van der Waals surface area contributed by atoms with Gasteiger partial charge in [-0.3, -0.25) is 0 Å². The lowest BCUT2D eigenvalue weighted by atomic mass is 10.1. The average Bonchev–Trinajstić information content (AvgIpc) is 2.26. The van der Waals surface area contributed by atoms with Gasteiger partial charge in [0.2, 0.25) is 0 Å². The molecule has 1 rings (SSSR count). The molecule has 0 aromatic heterocycles. The van der Waals surface area contributed by atoms with Crippen LogP contribution in [-0.2, 0) is 0 Å². The highest BCUT2D eigenvalue weighted by atomic mass is 79.9. The number of nitrogens with zero attached hydrogens (tertiary/aromatic N) is 1. The second-order valence-corrected chi connectivity index (χ2v) is 7.04. The topological polar surface area (TPSA) is 29.3 Å². The van der Waals surface area contributed by atoms with Crippen LogP contribution in [0.25, 0.3) is 0 Å². The van der Waals surface area contributed by atoms with Gasteiger partial charge in [0.1, 0.15) is 0 Å². The highest BCUT2D eigenvalue weighted by molar-refractivity contribution is 9.10. The van der Waals surface area contributed by atoms with E-state index in [0.717, 1.165) is 23.1 Å². The fourth-order valence-corrected chi connectivity index (χ4v) is 2.98. The highest BCUT2D eigenvalue weighted by Gasteiger charge is 2.13. The summed E-state index contributed by atoms with van der Waals surface area (Å²) in [5.41, 5.74) is 8.40. The van der Waals surface area contributed by atoms with Crippen molar-refractivity contribution in [3.05, 3.63) is 28.2 Å². The van der Waals surface area contributed by atoms with Crippen LogP contribution >= 0.6 is 15.9 Å². The van der Waals surface area contributed by atoms with Crippen molar-refractivity contribution in [3.8, 4) is 0 Å². The molecule has 108 valence electrons. The van der Waals surface area contributed by atoms with Gasteiger partial charge >= 0.3 is 0 Å². The van der Waals surface area contributed by atoms with Gasteiger partial charge in [0, 0.05) is 29.3 Å². The first kappa shape index (κ1) is 16.5. The fourth-order valence-electron chi connectivity index (χ4n) is 2.25. The monoisotopic (exact) mass is 326 g/mol. The third-order valence-electron chi connectivity index (χ3n) is 3.01. The van der Waals surface area contributed by atoms with Crippen molar-refractivity contribution < 1.29 is 0 Å². The summed E-state index contributed by atoms with van der Waals surface area (Å²) in [5.74, 6) is 1.32. The summed E-state index contributed by atoms with van der Waals surface area (Å²) < 4.78 is 1.11. The van der Waals surface area contributed by atoms with E-state index in [0.29, 0.717) is 11.8 Å². The van der Waals surface area contributed by atoms with Crippen LogP contribution in [0, 0.1) is 11.8 Å². The normalized spacial score (nSPS) is 13.1. The van der Waals surface area contributed by atoms with Crippen LogP contribution in [0.2, 0.25) is 0 Å². The maximum Gasteiger partial charge on any atom is 0.0377 e. The van der Waals surface area contributed by atoms with Crippen LogP contribution in [0.5, 0.6) is 0 Å². The Morgan fingerprint density at radius 2 is 1.58 bits per heavy atom. The Labute approximate surface area is 126 Å². The zero-order valence-corrected chi connectivity index (χ0v) is 14.4. The van der Waals surface area contributed by atoms with Crippen molar-refractivity contribution >= 4 is 21.6 Å². The number of anilines is 1. The largest absolute Gasteiger partial charge is 0.371 e. The summed E-state index contributed by atoms with van der Waals surface area (Å²) in [7, 11) is 0. The number of hydrogen-bond donors (Lipinski definition) is 1. The number of nitrogens with two attached hydrogens (primary N) is 1. The summed E-state index contributed by atoms with van der Waals surface area (Å²) in [4.78, 5) is 2.46. The molecule has 0 unspecified atom stereocenters. The maximum absolute atomic E-state index is 5.96. The molecule has 3 heteroatoms. The van der Waals surface area contributed by atoms with E-state index < -0.39 is 0 Å². The highest BCUT2D eigenvalue weighted by Crippen LogP contribution is 2.28. The average molecular weight is 327 g/mol. The Morgan fingerprint density at radius 1 is 1.05 bits per heavy atom. The first-order chi connectivity index (χ1) is 8.81. The minimum absolute atomic E-state index is 0.0621. The van der Waals surface area contributed by atoms with E-state index in [2.05, 4.69) is 66.7 Å². The van der Waals surface area contributed by atoms with Crippen LogP contribution in [0.15, 0.2) is 22.7 Å². The second kappa shape index (κ2) is 7.30. The van der Waals surface area contributed by atoms with Crippen LogP contribution in [0.3, 0.4) is 0 Å². The molecule has 0 aliphatic carbocycles. The summed E-state index contributed by atoms with van der Waals surface area (Å²) in [6, 6.07) is 6.59. The molecule has 2 N–H and O–H groups in total. The summed E-state index contributed by atoms with van der Waals surface area (Å²) in [6.07, 6.45) is 0. The Balaban J connectivity index is 2.98. The van der Waals surface area contributed by atoms with E-state index in [-0.39, 0.29) is 6.04 Å². The van der Waals surface area contributed by atoms with Crippen molar-refractivity contribution in [2.75, 3.05) is 18.0 Å². The van der Waals surface area contributed by atoms with E-state index in [1.165, 1.54) is 5.69 Å². The number of rotatable bonds is 6. The molecule has 0 radical (unpaired) electrons. The molecule has 0 fully saturated rings. The number of halogens is 1. The van der Waals surface area contributed by atoms with Crippen molar-refractivity contribution in [1.29, 1.82) is 0 Å². The predicted molar refractivity (Wildman–Crippen MR) is 88.6 cm³/mol. The first-order valence-electron chi connectivity index (χ1n) is 7.11. The van der Waals surface area contributed by atoms with Crippen LogP contribution in [-0.4, -0.2) is 13.1 Å². The minimum Gasteiger partial charge on any atom is -0.371 e. The number of hydrogen-bond acceptors (Lipinski definition) is 2. The zero-order chi connectivity index (χ0) is 14.6. The molecule has 1 aromatic rings. The third-order valence-corrected chi connectivity index (χ3v) is 3.70. The summed E-state index contributed by atoms with van der Waals surface area (Å²) in [5, 5.41) is 0. The molecular formula is C16H27BrN2. The molecule has 0 aliphatic heterocycles. The van der Waals surface area contributed by atoms with Crippen molar-refractivity contribution in [1.82, 2.24) is 0 Å². The smallest absolute Gasteiger partial charge is 0.0377 e. The van der Waals surface area contributed by atoms with E-state index in [1.54, 1.807) is 0 Å². The summed E-state index contributed by atoms with van der Waals surface area (Å²) in [6.45, 7) is 13.2. The van der Waals surface area contributed by atoms with Gasteiger partial charge in [-0.05, 0) is 36.5 Å². The molecule has 0 bridgehead atoms. The SMILES string of the molecule is CC(C)CN(CC(C)C)c1ccc([C@H](C)N)c(Br)c1. The van der Waals surface area contributed by atoms with Gasteiger partial charge in [-0.2, -0.15) is 0 Å². The van der Waals surface area contributed by atoms with E-state index >= 15 is 0 Å². The Hall–Kier alpha value is -0.540. The molecule has 19 heavy (non-hydrogen) atoms. The quantitative estimate of drug-likeness (QED) is 0.828. The molecule has 1 aromatic carbocycles. The predicted octanol–water partition coefficient (Wildman–Crippen LogP) is 4.59. The van der Waals surface area contributed by atoms with Gasteiger partial charge in [-0.25, -0.2) is 0 Å². The second-order valence-electron chi connectivity index (χ2n) is 6.19. The standard InChI is InChI=1S/C16H27BrN2/c1-11(2)9-19(10-12(3)4)14-6-7-15(13(5)18)16(17)8-14/h6-8,11-13H,9-10,18H2,1-5H3/t13-/m0/s1. The number of benzene rings is 1. The van der Waals surface area contributed by atoms with Crippen LogP contribution in [0.1, 0.15) is 46.2 Å². The molecule has 0 amide bonds. The van der Waals surface area contributed by atoms with Gasteiger partial charge in [-0.1, -0.05) is 49.7 Å². The Morgan fingerprint density at radius 3 is 1.95 bits per heavy atom. The van der Waals surface area contributed by atoms with Crippen molar-refractivity contribution in [2.24, 2.45) is 17.6 Å². The van der Waals surface area contributed by atoms with Crippen LogP contribution in [0.4, 0.5) is 5.69 Å². The van der Waals surface area contributed by atoms with Crippen molar-refractivity contribution in [3.63, 3.8) is 0 Å². The zero-order valence-electron chi connectivity index (χ0n) is 12.8. The molecule has 0 spiro atoms. The maximum atomic E-state index is 5.96. The van der Waals surface area contributed by atoms with E-state index in [9.17, 15) is 0 Å². The van der Waals surface area contributed by atoms with E-state index in [1.807, 2.05) is 6.92 Å². The lowest BCUT2D eigenvalue weighted by molar-refractivity contribution is 0.552. The first-order valence-corrected chi connectivity index (χ1v) is 7.90. The van der Waals surface area contributed by atoms with Gasteiger partial charge < -0.3 is 10.6 Å². The Kier molecular flexibility index (Phi) is 6.34. The fraction of sp³-hybridized carbons (Fsp3) is 0.625. The van der Waals surface area contributed by atoms with Gasteiger partial charge in [0.15, 0.2) is 0 Å². The van der Waals surface area contributed by atoms with Crippen molar-refractivity contribution in [2.45, 2.75) is 40.7 Å². The van der Waals surface area contributed by atoms with Crippen LogP contribution < -0.4 is 10.6 Å². The Bertz CT molecular complexity index is 390. The van der Waals surface area contributed by atoms with E-state index in [4.69, 9.17) is 5.73 Å². The minimum atomic E-state index is 0.0621.